The van der Waals surface area contributed by atoms with Crippen molar-refractivity contribution in [2.45, 2.75) is 78.1 Å². The van der Waals surface area contributed by atoms with Crippen LogP contribution >= 0.6 is 11.6 Å². The molecule has 0 bridgehead atoms. The van der Waals surface area contributed by atoms with Gasteiger partial charge in [0, 0.05) is 11.3 Å². The highest BCUT2D eigenvalue weighted by Crippen LogP contribution is 2.67. The Hall–Kier alpha value is -0.150. The highest BCUT2D eigenvalue weighted by Gasteiger charge is 2.59. The fraction of sp³-hybridized carbons (Fsp3) is 0.905. The number of halogens is 1. The van der Waals surface area contributed by atoms with Crippen LogP contribution in [0.5, 0.6) is 0 Å². The van der Waals surface area contributed by atoms with Gasteiger partial charge in [0.2, 0.25) is 0 Å². The average molecular weight is 319 g/mol. The first-order chi connectivity index (χ1) is 10.6. The molecule has 4 aliphatic rings. The molecule has 0 aromatic heterocycles. The maximum Gasteiger partial charge on any atom is 0.0272 e. The number of rotatable bonds is 0. The van der Waals surface area contributed by atoms with Crippen LogP contribution in [0.15, 0.2) is 0 Å². The molecule has 4 rings (SSSR count). The molecule has 122 valence electrons. The molecule has 4 saturated carbocycles. The van der Waals surface area contributed by atoms with Crippen LogP contribution in [0.4, 0.5) is 0 Å². The minimum absolute atomic E-state index is 0.459. The zero-order valence-corrected chi connectivity index (χ0v) is 15.1. The molecule has 4 aliphatic carbocycles. The first-order valence-electron chi connectivity index (χ1n) is 9.71. The lowest BCUT2D eigenvalue weighted by Gasteiger charge is -2.60. The maximum absolute atomic E-state index is 5.76. The average Bonchev–Trinajstić information content (AvgIpc) is 2.84. The van der Waals surface area contributed by atoms with Crippen molar-refractivity contribution >= 4 is 11.6 Å². The summed E-state index contributed by atoms with van der Waals surface area (Å²) in [6.07, 6.45) is 14.6. The van der Waals surface area contributed by atoms with Crippen LogP contribution in [0.2, 0.25) is 0 Å². The van der Waals surface area contributed by atoms with Gasteiger partial charge in [0.15, 0.2) is 0 Å². The van der Waals surface area contributed by atoms with Crippen molar-refractivity contribution in [2.24, 2.45) is 40.4 Å². The fourth-order valence-corrected chi connectivity index (χ4v) is 7.73. The SMILES string of the molecule is C[C@]12CC[C@H]3[C@@H](CCC4CCCC[C@@]43C)[C@@H]1CC[C@H]2C#CCl. The molecule has 0 aromatic carbocycles. The third-order valence-corrected chi connectivity index (χ3v) is 8.92. The van der Waals surface area contributed by atoms with Gasteiger partial charge in [-0.25, -0.2) is 0 Å². The van der Waals surface area contributed by atoms with E-state index in [0.29, 0.717) is 16.7 Å². The van der Waals surface area contributed by atoms with Crippen molar-refractivity contribution < 1.29 is 0 Å². The number of fused-ring (bicyclic) bond motifs is 5. The van der Waals surface area contributed by atoms with Crippen molar-refractivity contribution in [2.75, 3.05) is 0 Å². The lowest BCUT2D eigenvalue weighted by atomic mass is 9.45. The summed E-state index contributed by atoms with van der Waals surface area (Å²) in [7, 11) is 0. The second-order valence-electron chi connectivity index (χ2n) is 9.32. The van der Waals surface area contributed by atoms with Gasteiger partial charge in [0.05, 0.1) is 0 Å². The zero-order chi connectivity index (χ0) is 15.4. The Balaban J connectivity index is 1.63. The van der Waals surface area contributed by atoms with Crippen molar-refractivity contribution in [3.8, 4) is 11.3 Å². The number of hydrogen-bond acceptors (Lipinski definition) is 0. The molecule has 0 spiro atoms. The summed E-state index contributed by atoms with van der Waals surface area (Å²) in [5.41, 5.74) is 1.12. The summed E-state index contributed by atoms with van der Waals surface area (Å²) in [6.45, 7) is 5.21. The smallest absolute Gasteiger partial charge is 0.0272 e. The van der Waals surface area contributed by atoms with E-state index in [2.05, 4.69) is 25.1 Å². The predicted octanol–water partition coefficient (Wildman–Crippen LogP) is 6.24. The molecule has 0 aliphatic heterocycles. The summed E-state index contributed by atoms with van der Waals surface area (Å²) in [5, 5.41) is 2.71. The first kappa shape index (κ1) is 15.4. The molecule has 0 nitrogen and oxygen atoms in total. The van der Waals surface area contributed by atoms with E-state index in [1.807, 2.05) is 0 Å². The summed E-state index contributed by atoms with van der Waals surface area (Å²) in [5.74, 6) is 7.88. The van der Waals surface area contributed by atoms with E-state index < -0.39 is 0 Å². The Bertz CT molecular complexity index is 500. The lowest BCUT2D eigenvalue weighted by Crippen LogP contribution is -2.52. The zero-order valence-electron chi connectivity index (χ0n) is 14.3. The molecule has 1 unspecified atom stereocenters. The van der Waals surface area contributed by atoms with E-state index in [0.717, 1.165) is 23.7 Å². The molecule has 0 N–H and O–H groups in total. The van der Waals surface area contributed by atoms with Crippen LogP contribution in [0.25, 0.3) is 0 Å². The van der Waals surface area contributed by atoms with Gasteiger partial charge in [0.1, 0.15) is 0 Å². The highest BCUT2D eigenvalue weighted by atomic mass is 35.5. The largest absolute Gasteiger partial charge is 0.0819 e. The summed E-state index contributed by atoms with van der Waals surface area (Å²) < 4.78 is 0. The van der Waals surface area contributed by atoms with Crippen LogP contribution in [-0.2, 0) is 0 Å². The Kier molecular flexibility index (Phi) is 3.81. The summed E-state index contributed by atoms with van der Waals surface area (Å²) in [6, 6.07) is 0. The van der Waals surface area contributed by atoms with Gasteiger partial charge in [-0.3, -0.25) is 0 Å². The molecule has 4 fully saturated rings. The minimum Gasteiger partial charge on any atom is -0.0819 e. The Morgan fingerprint density at radius 1 is 0.818 bits per heavy atom. The van der Waals surface area contributed by atoms with Gasteiger partial charge in [-0.1, -0.05) is 32.6 Å². The van der Waals surface area contributed by atoms with Gasteiger partial charge < -0.3 is 0 Å². The second-order valence-corrected chi connectivity index (χ2v) is 9.50. The van der Waals surface area contributed by atoms with E-state index in [1.165, 1.54) is 64.2 Å². The standard InChI is InChI=1S/C21H31Cl/c1-20-12-4-3-5-15(20)6-8-17-18-9-7-16(11-14-22)21(18,2)13-10-19(17)20/h15-19H,3-10,12-13H2,1-2H3/t15?,16-,17-,18-,19-,20-,21+/m0/s1. The van der Waals surface area contributed by atoms with Crippen molar-refractivity contribution in [3.63, 3.8) is 0 Å². The van der Waals surface area contributed by atoms with Crippen LogP contribution < -0.4 is 0 Å². The Labute approximate surface area is 141 Å². The summed E-state index contributed by atoms with van der Waals surface area (Å²) in [4.78, 5) is 0. The van der Waals surface area contributed by atoms with Gasteiger partial charge in [-0.2, -0.15) is 0 Å². The monoisotopic (exact) mass is 318 g/mol. The van der Waals surface area contributed by atoms with E-state index in [4.69, 9.17) is 11.6 Å². The van der Waals surface area contributed by atoms with Crippen LogP contribution in [0.3, 0.4) is 0 Å². The van der Waals surface area contributed by atoms with E-state index in [-0.39, 0.29) is 0 Å². The molecule has 0 heterocycles. The summed E-state index contributed by atoms with van der Waals surface area (Å²) >= 11 is 5.76. The van der Waals surface area contributed by atoms with Gasteiger partial charge >= 0.3 is 0 Å². The minimum atomic E-state index is 0.459. The van der Waals surface area contributed by atoms with Crippen molar-refractivity contribution in [3.05, 3.63) is 0 Å². The van der Waals surface area contributed by atoms with Gasteiger partial charge in [-0.05, 0) is 97.5 Å². The fourth-order valence-electron chi connectivity index (χ4n) is 7.60. The molecule has 0 radical (unpaired) electrons. The molecular weight excluding hydrogens is 288 g/mol. The van der Waals surface area contributed by atoms with E-state index in [9.17, 15) is 0 Å². The van der Waals surface area contributed by atoms with Gasteiger partial charge in [-0.15, -0.1) is 0 Å². The van der Waals surface area contributed by atoms with Crippen molar-refractivity contribution in [1.29, 1.82) is 0 Å². The topological polar surface area (TPSA) is 0 Å². The quantitative estimate of drug-likeness (QED) is 0.464. The van der Waals surface area contributed by atoms with Crippen LogP contribution in [0, 0.1) is 51.7 Å². The first-order valence-corrected chi connectivity index (χ1v) is 10.1. The van der Waals surface area contributed by atoms with Crippen LogP contribution in [0.1, 0.15) is 78.1 Å². The normalized spacial score (nSPS) is 53.7. The molecule has 22 heavy (non-hydrogen) atoms. The molecule has 0 amide bonds. The molecule has 7 atom stereocenters. The second kappa shape index (κ2) is 5.44. The third kappa shape index (κ3) is 2.04. The van der Waals surface area contributed by atoms with E-state index >= 15 is 0 Å². The van der Waals surface area contributed by atoms with E-state index in [1.54, 1.807) is 0 Å². The van der Waals surface area contributed by atoms with Crippen molar-refractivity contribution in [1.82, 2.24) is 0 Å². The Morgan fingerprint density at radius 3 is 2.45 bits per heavy atom. The predicted molar refractivity (Wildman–Crippen MR) is 93.5 cm³/mol. The van der Waals surface area contributed by atoms with Gasteiger partial charge in [0.25, 0.3) is 0 Å². The lowest BCUT2D eigenvalue weighted by molar-refractivity contribution is -0.107. The number of hydrogen-bond donors (Lipinski definition) is 0. The molecule has 1 heteroatoms. The maximum atomic E-state index is 5.76. The third-order valence-electron chi connectivity index (χ3n) is 8.81. The highest BCUT2D eigenvalue weighted by molar-refractivity contribution is 6.30. The molecule has 0 saturated heterocycles. The molecular formula is C21H31Cl. The Morgan fingerprint density at radius 2 is 1.64 bits per heavy atom. The van der Waals surface area contributed by atoms with Crippen LogP contribution in [-0.4, -0.2) is 0 Å². The molecule has 0 aromatic rings.